The number of ether oxygens (including phenoxy) is 3. The first-order chi connectivity index (χ1) is 11.5. The lowest BCUT2D eigenvalue weighted by atomic mass is 10.1. The van der Waals surface area contributed by atoms with Crippen LogP contribution in [0.4, 0.5) is 14.5 Å². The van der Waals surface area contributed by atoms with Gasteiger partial charge in [0, 0.05) is 17.3 Å². The molecule has 0 spiro atoms. The molecular formula is C17H17F2NO4. The van der Waals surface area contributed by atoms with E-state index in [1.807, 2.05) is 0 Å². The van der Waals surface area contributed by atoms with Crippen LogP contribution in [0.2, 0.25) is 0 Å². The van der Waals surface area contributed by atoms with Crippen LogP contribution >= 0.6 is 0 Å². The Balaban J connectivity index is 2.00. The fourth-order valence-electron chi connectivity index (χ4n) is 2.10. The molecule has 0 unspecified atom stereocenters. The second kappa shape index (κ2) is 8.14. The van der Waals surface area contributed by atoms with Crippen molar-refractivity contribution in [2.75, 3.05) is 19.5 Å². The summed E-state index contributed by atoms with van der Waals surface area (Å²) in [6.45, 7) is -2.88. The van der Waals surface area contributed by atoms with E-state index in [2.05, 4.69) is 10.1 Å². The van der Waals surface area contributed by atoms with Crippen LogP contribution in [0.1, 0.15) is 5.56 Å². The van der Waals surface area contributed by atoms with Crippen molar-refractivity contribution in [1.82, 2.24) is 0 Å². The minimum Gasteiger partial charge on any atom is -0.497 e. The van der Waals surface area contributed by atoms with Gasteiger partial charge in [0.15, 0.2) is 0 Å². The SMILES string of the molecule is COc1ccc(CC(=O)Nc2ccc(OC(F)F)cc2)c(OC)c1. The maximum atomic E-state index is 12.1. The summed E-state index contributed by atoms with van der Waals surface area (Å²) < 4.78 is 38.8. The minimum atomic E-state index is -2.88. The van der Waals surface area contributed by atoms with Crippen molar-refractivity contribution in [2.24, 2.45) is 0 Å². The van der Waals surface area contributed by atoms with E-state index >= 15 is 0 Å². The molecule has 0 bridgehead atoms. The number of alkyl halides is 2. The minimum absolute atomic E-state index is 0.0276. The monoisotopic (exact) mass is 337 g/mol. The molecule has 2 rings (SSSR count). The Labute approximate surface area is 138 Å². The molecule has 0 heterocycles. The molecule has 0 aliphatic carbocycles. The summed E-state index contributed by atoms with van der Waals surface area (Å²) in [6.07, 6.45) is 0.0997. The van der Waals surface area contributed by atoms with Gasteiger partial charge in [-0.3, -0.25) is 4.79 Å². The van der Waals surface area contributed by atoms with Gasteiger partial charge in [0.2, 0.25) is 5.91 Å². The van der Waals surface area contributed by atoms with Crippen molar-refractivity contribution >= 4 is 11.6 Å². The number of anilines is 1. The third kappa shape index (κ3) is 4.84. The molecule has 128 valence electrons. The number of benzene rings is 2. The van der Waals surface area contributed by atoms with Crippen LogP contribution in [0.15, 0.2) is 42.5 Å². The van der Waals surface area contributed by atoms with Gasteiger partial charge in [-0.25, -0.2) is 0 Å². The van der Waals surface area contributed by atoms with Crippen LogP contribution in [-0.2, 0) is 11.2 Å². The van der Waals surface area contributed by atoms with Gasteiger partial charge in [0.1, 0.15) is 17.2 Å². The quantitative estimate of drug-likeness (QED) is 0.840. The first-order valence-corrected chi connectivity index (χ1v) is 7.07. The van der Waals surface area contributed by atoms with E-state index in [-0.39, 0.29) is 18.1 Å². The molecule has 0 saturated carbocycles. The van der Waals surface area contributed by atoms with Crippen LogP contribution in [0.25, 0.3) is 0 Å². The van der Waals surface area contributed by atoms with Gasteiger partial charge in [-0.2, -0.15) is 8.78 Å². The molecule has 1 amide bonds. The van der Waals surface area contributed by atoms with Crippen LogP contribution in [-0.4, -0.2) is 26.7 Å². The van der Waals surface area contributed by atoms with Gasteiger partial charge in [0.05, 0.1) is 20.6 Å². The Bertz CT molecular complexity index is 689. The summed E-state index contributed by atoms with van der Waals surface area (Å²) >= 11 is 0. The second-order valence-corrected chi connectivity index (χ2v) is 4.81. The van der Waals surface area contributed by atoms with Gasteiger partial charge in [0.25, 0.3) is 0 Å². The van der Waals surface area contributed by atoms with Crippen molar-refractivity contribution in [2.45, 2.75) is 13.0 Å². The predicted molar refractivity (Wildman–Crippen MR) is 85.0 cm³/mol. The van der Waals surface area contributed by atoms with Crippen LogP contribution in [0.5, 0.6) is 17.2 Å². The Morgan fingerprint density at radius 1 is 1.04 bits per heavy atom. The first-order valence-electron chi connectivity index (χ1n) is 7.07. The standard InChI is InChI=1S/C17H17F2NO4/c1-22-14-6-3-11(15(10-14)23-2)9-16(21)20-12-4-7-13(8-5-12)24-17(18)19/h3-8,10,17H,9H2,1-2H3,(H,20,21). The zero-order chi connectivity index (χ0) is 17.5. The molecule has 0 aromatic heterocycles. The van der Waals surface area contributed by atoms with E-state index in [0.717, 1.165) is 0 Å². The summed E-state index contributed by atoms with van der Waals surface area (Å²) in [7, 11) is 3.06. The first kappa shape index (κ1) is 17.5. The molecule has 2 aromatic rings. The third-order valence-electron chi connectivity index (χ3n) is 3.21. The number of halogens is 2. The lowest BCUT2D eigenvalue weighted by Crippen LogP contribution is -2.15. The van der Waals surface area contributed by atoms with E-state index in [0.29, 0.717) is 22.7 Å². The Morgan fingerprint density at radius 3 is 2.29 bits per heavy atom. The topological polar surface area (TPSA) is 56.8 Å². The average Bonchev–Trinajstić information content (AvgIpc) is 2.56. The smallest absolute Gasteiger partial charge is 0.387 e. The molecule has 0 aliphatic heterocycles. The third-order valence-corrected chi connectivity index (χ3v) is 3.21. The van der Waals surface area contributed by atoms with E-state index in [9.17, 15) is 13.6 Å². The lowest BCUT2D eigenvalue weighted by molar-refractivity contribution is -0.115. The van der Waals surface area contributed by atoms with Crippen molar-refractivity contribution in [3.05, 3.63) is 48.0 Å². The highest BCUT2D eigenvalue weighted by Gasteiger charge is 2.11. The lowest BCUT2D eigenvalue weighted by Gasteiger charge is -2.11. The van der Waals surface area contributed by atoms with Crippen molar-refractivity contribution in [3.63, 3.8) is 0 Å². The fourth-order valence-corrected chi connectivity index (χ4v) is 2.10. The Morgan fingerprint density at radius 2 is 1.71 bits per heavy atom. The molecule has 1 N–H and O–H groups in total. The molecular weight excluding hydrogens is 320 g/mol. The number of nitrogens with one attached hydrogen (secondary N) is 1. The zero-order valence-corrected chi connectivity index (χ0v) is 13.2. The summed E-state index contributed by atoms with van der Waals surface area (Å²) in [6, 6.07) is 10.9. The molecule has 0 atom stereocenters. The Kier molecular flexibility index (Phi) is 5.95. The molecule has 7 heteroatoms. The zero-order valence-electron chi connectivity index (χ0n) is 13.2. The molecule has 5 nitrogen and oxygen atoms in total. The highest BCUT2D eigenvalue weighted by atomic mass is 19.3. The second-order valence-electron chi connectivity index (χ2n) is 4.81. The van der Waals surface area contributed by atoms with Crippen LogP contribution in [0.3, 0.4) is 0 Å². The highest BCUT2D eigenvalue weighted by molar-refractivity contribution is 5.92. The maximum Gasteiger partial charge on any atom is 0.387 e. The highest BCUT2D eigenvalue weighted by Crippen LogP contribution is 2.25. The van der Waals surface area contributed by atoms with E-state index in [4.69, 9.17) is 9.47 Å². The summed E-state index contributed by atoms with van der Waals surface area (Å²) in [5, 5.41) is 2.68. The molecule has 0 aliphatic rings. The van der Waals surface area contributed by atoms with Crippen molar-refractivity contribution in [1.29, 1.82) is 0 Å². The van der Waals surface area contributed by atoms with Gasteiger partial charge in [-0.15, -0.1) is 0 Å². The Hall–Kier alpha value is -2.83. The van der Waals surface area contributed by atoms with Crippen LogP contribution in [0, 0.1) is 0 Å². The normalized spacial score (nSPS) is 10.4. The predicted octanol–water partition coefficient (Wildman–Crippen LogP) is 3.49. The molecule has 0 radical (unpaired) electrons. The van der Waals surface area contributed by atoms with Crippen molar-refractivity contribution in [3.8, 4) is 17.2 Å². The van der Waals surface area contributed by atoms with Crippen molar-refractivity contribution < 1.29 is 27.8 Å². The molecule has 24 heavy (non-hydrogen) atoms. The number of hydrogen-bond donors (Lipinski definition) is 1. The number of amides is 1. The number of carbonyl (C=O) groups is 1. The van der Waals surface area contributed by atoms with E-state index in [1.54, 1.807) is 25.3 Å². The van der Waals surface area contributed by atoms with Gasteiger partial charge in [-0.05, 0) is 30.3 Å². The molecule has 0 saturated heterocycles. The molecule has 0 fully saturated rings. The summed E-state index contributed by atoms with van der Waals surface area (Å²) in [5.74, 6) is 0.941. The van der Waals surface area contributed by atoms with Gasteiger partial charge >= 0.3 is 6.61 Å². The maximum absolute atomic E-state index is 12.1. The number of carbonyl (C=O) groups excluding carboxylic acids is 1. The van der Waals surface area contributed by atoms with Gasteiger partial charge in [-0.1, -0.05) is 6.07 Å². The molecule has 2 aromatic carbocycles. The fraction of sp³-hybridized carbons (Fsp3) is 0.235. The van der Waals surface area contributed by atoms with E-state index in [1.165, 1.54) is 31.4 Å². The summed E-state index contributed by atoms with van der Waals surface area (Å²) in [5.41, 5.74) is 1.18. The van der Waals surface area contributed by atoms with Crippen LogP contribution < -0.4 is 19.5 Å². The largest absolute Gasteiger partial charge is 0.497 e. The van der Waals surface area contributed by atoms with Gasteiger partial charge < -0.3 is 19.5 Å². The van der Waals surface area contributed by atoms with E-state index < -0.39 is 6.61 Å². The number of methoxy groups -OCH3 is 2. The number of hydrogen-bond acceptors (Lipinski definition) is 4. The summed E-state index contributed by atoms with van der Waals surface area (Å²) in [4.78, 5) is 12.1. The number of rotatable bonds is 7. The average molecular weight is 337 g/mol.